The van der Waals surface area contributed by atoms with Crippen molar-refractivity contribution in [2.45, 2.75) is 68.7 Å². The summed E-state index contributed by atoms with van der Waals surface area (Å²) in [6.07, 6.45) is 12.5. The van der Waals surface area contributed by atoms with Crippen molar-refractivity contribution in [3.63, 3.8) is 0 Å². The number of H-pyrrole nitrogens is 1. The second kappa shape index (κ2) is 10.9. The van der Waals surface area contributed by atoms with Gasteiger partial charge in [0.15, 0.2) is 15.5 Å². The molecule has 3 N–H and O–H groups in total. The van der Waals surface area contributed by atoms with Crippen LogP contribution < -0.4 is 15.4 Å². The van der Waals surface area contributed by atoms with Crippen LogP contribution in [0.5, 0.6) is 5.88 Å². The van der Waals surface area contributed by atoms with Crippen LogP contribution >= 0.6 is 0 Å². The number of imidazole rings is 1. The van der Waals surface area contributed by atoms with E-state index in [2.05, 4.69) is 30.6 Å². The molecule has 0 bridgehead atoms. The lowest BCUT2D eigenvalue weighted by atomic mass is 9.90. The molecule has 0 radical (unpaired) electrons. The number of aromatic amines is 1. The van der Waals surface area contributed by atoms with Crippen molar-refractivity contribution in [2.24, 2.45) is 5.92 Å². The summed E-state index contributed by atoms with van der Waals surface area (Å²) in [5.74, 6) is 1.49. The van der Waals surface area contributed by atoms with E-state index in [0.29, 0.717) is 58.7 Å². The van der Waals surface area contributed by atoms with E-state index in [1.54, 1.807) is 30.6 Å². The second-order valence-electron chi connectivity index (χ2n) is 9.67. The van der Waals surface area contributed by atoms with Gasteiger partial charge in [0, 0.05) is 18.3 Å². The van der Waals surface area contributed by atoms with Gasteiger partial charge in [-0.1, -0.05) is 32.1 Å². The predicted octanol–water partition coefficient (Wildman–Crippen LogP) is 4.36. The molecule has 0 spiro atoms. The Labute approximate surface area is 206 Å². The van der Waals surface area contributed by atoms with Gasteiger partial charge in [0.05, 0.1) is 23.6 Å². The number of fused-ring (bicyclic) bond motifs is 1. The molecule has 2 aliphatic rings. The SMILES string of the molecule is O=S(=O)(CCNC1CCCC1)c1ccc(Nc2nc(OCC3CCCCC3)c3[nH]cnc3n2)cc1. The first kappa shape index (κ1) is 24.0. The topological polar surface area (TPSA) is 122 Å². The summed E-state index contributed by atoms with van der Waals surface area (Å²) in [5, 5.41) is 6.53. The third-order valence-corrected chi connectivity index (χ3v) is 8.79. The summed E-state index contributed by atoms with van der Waals surface area (Å²) in [4.78, 5) is 16.7. The number of benzene rings is 1. The van der Waals surface area contributed by atoms with Gasteiger partial charge in [0.1, 0.15) is 5.52 Å². The Kier molecular flexibility index (Phi) is 7.48. The fourth-order valence-electron chi connectivity index (χ4n) is 5.04. The van der Waals surface area contributed by atoms with E-state index in [-0.39, 0.29) is 5.75 Å². The Hall–Kier alpha value is -2.72. The monoisotopic (exact) mass is 498 g/mol. The Morgan fingerprint density at radius 2 is 1.71 bits per heavy atom. The first-order valence-electron chi connectivity index (χ1n) is 12.7. The molecule has 0 saturated heterocycles. The molecule has 0 amide bonds. The number of aromatic nitrogens is 4. The summed E-state index contributed by atoms with van der Waals surface area (Å²) in [6.45, 7) is 1.11. The lowest BCUT2D eigenvalue weighted by molar-refractivity contribution is 0.205. The van der Waals surface area contributed by atoms with E-state index in [1.807, 2.05) is 0 Å². The highest BCUT2D eigenvalue weighted by molar-refractivity contribution is 7.91. The molecule has 2 aromatic heterocycles. The number of rotatable bonds is 10. The quantitative estimate of drug-likeness (QED) is 0.377. The van der Waals surface area contributed by atoms with Crippen LogP contribution in [0.4, 0.5) is 11.6 Å². The molecule has 2 fully saturated rings. The van der Waals surface area contributed by atoms with Crippen molar-refractivity contribution >= 4 is 32.6 Å². The molecule has 1 aromatic carbocycles. The minimum atomic E-state index is -3.34. The molecular formula is C25H34N6O3S. The average Bonchev–Trinajstić information content (AvgIpc) is 3.56. The molecule has 35 heavy (non-hydrogen) atoms. The van der Waals surface area contributed by atoms with Crippen LogP contribution in [0.1, 0.15) is 57.8 Å². The van der Waals surface area contributed by atoms with Gasteiger partial charge in [-0.25, -0.2) is 13.4 Å². The zero-order chi connectivity index (χ0) is 24.1. The van der Waals surface area contributed by atoms with Crippen molar-refractivity contribution in [2.75, 3.05) is 24.2 Å². The van der Waals surface area contributed by atoms with E-state index in [1.165, 1.54) is 44.9 Å². The molecule has 2 heterocycles. The average molecular weight is 499 g/mol. The van der Waals surface area contributed by atoms with E-state index in [9.17, 15) is 8.42 Å². The van der Waals surface area contributed by atoms with Gasteiger partial charge in [-0.2, -0.15) is 9.97 Å². The number of nitrogens with zero attached hydrogens (tertiary/aromatic N) is 3. The lowest BCUT2D eigenvalue weighted by Crippen LogP contribution is -2.31. The van der Waals surface area contributed by atoms with Gasteiger partial charge < -0.3 is 20.4 Å². The van der Waals surface area contributed by atoms with Gasteiger partial charge in [0.25, 0.3) is 0 Å². The van der Waals surface area contributed by atoms with Crippen molar-refractivity contribution in [3.05, 3.63) is 30.6 Å². The number of anilines is 2. The number of nitrogens with one attached hydrogen (secondary N) is 3. The molecule has 188 valence electrons. The maximum absolute atomic E-state index is 12.7. The minimum Gasteiger partial charge on any atom is -0.476 e. The van der Waals surface area contributed by atoms with Crippen LogP contribution in [0.3, 0.4) is 0 Å². The van der Waals surface area contributed by atoms with Gasteiger partial charge in [-0.3, -0.25) is 0 Å². The van der Waals surface area contributed by atoms with E-state index in [0.717, 1.165) is 12.8 Å². The fourth-order valence-corrected chi connectivity index (χ4v) is 6.21. The molecule has 2 aliphatic carbocycles. The van der Waals surface area contributed by atoms with E-state index >= 15 is 0 Å². The molecule has 3 aromatic rings. The van der Waals surface area contributed by atoms with Crippen molar-refractivity contribution in [3.8, 4) is 5.88 Å². The molecule has 0 atom stereocenters. The fraction of sp³-hybridized carbons (Fsp3) is 0.560. The number of sulfone groups is 1. The second-order valence-corrected chi connectivity index (χ2v) is 11.8. The van der Waals surface area contributed by atoms with Crippen molar-refractivity contribution in [1.29, 1.82) is 0 Å². The van der Waals surface area contributed by atoms with Crippen LogP contribution in [0.15, 0.2) is 35.5 Å². The predicted molar refractivity (Wildman–Crippen MR) is 136 cm³/mol. The van der Waals surface area contributed by atoms with E-state index in [4.69, 9.17) is 4.74 Å². The van der Waals surface area contributed by atoms with Crippen LogP contribution in [0.25, 0.3) is 11.2 Å². The van der Waals surface area contributed by atoms with Gasteiger partial charge in [0.2, 0.25) is 11.8 Å². The van der Waals surface area contributed by atoms with Crippen molar-refractivity contribution < 1.29 is 13.2 Å². The first-order chi connectivity index (χ1) is 17.1. The summed E-state index contributed by atoms with van der Waals surface area (Å²) in [5.41, 5.74) is 1.90. The summed E-state index contributed by atoms with van der Waals surface area (Å²) in [7, 11) is -3.34. The number of hydrogen-bond donors (Lipinski definition) is 3. The Morgan fingerprint density at radius 1 is 0.971 bits per heavy atom. The first-order valence-corrected chi connectivity index (χ1v) is 14.4. The maximum Gasteiger partial charge on any atom is 0.245 e. The Bertz CT molecular complexity index is 1220. The summed E-state index contributed by atoms with van der Waals surface area (Å²) in [6, 6.07) is 7.18. The third kappa shape index (κ3) is 6.10. The number of ether oxygens (including phenoxy) is 1. The standard InChI is InChI=1S/C25H34N6O3S/c32-35(33,15-14-26-19-8-4-5-9-19)21-12-10-20(11-13-21)29-25-30-23-22(27-17-28-23)24(31-25)34-16-18-6-2-1-3-7-18/h10-13,17-19,26H,1-9,14-16H2,(H2,27,28,29,30,31). The molecular weight excluding hydrogens is 464 g/mol. The van der Waals surface area contributed by atoms with Crippen LogP contribution in [-0.4, -0.2) is 53.3 Å². The molecule has 0 unspecified atom stereocenters. The highest BCUT2D eigenvalue weighted by Crippen LogP contribution is 2.27. The van der Waals surface area contributed by atoms with Gasteiger partial charge in [-0.15, -0.1) is 0 Å². The normalized spacial score (nSPS) is 17.7. The highest BCUT2D eigenvalue weighted by Gasteiger charge is 2.19. The minimum absolute atomic E-state index is 0.0942. The molecule has 9 nitrogen and oxygen atoms in total. The summed E-state index contributed by atoms with van der Waals surface area (Å²) < 4.78 is 31.5. The highest BCUT2D eigenvalue weighted by atomic mass is 32.2. The summed E-state index contributed by atoms with van der Waals surface area (Å²) >= 11 is 0. The van der Waals surface area contributed by atoms with Gasteiger partial charge in [-0.05, 0) is 55.9 Å². The molecule has 10 heteroatoms. The van der Waals surface area contributed by atoms with Gasteiger partial charge >= 0.3 is 0 Å². The third-order valence-electron chi connectivity index (χ3n) is 7.06. The molecule has 2 saturated carbocycles. The van der Waals surface area contributed by atoms with Crippen molar-refractivity contribution in [1.82, 2.24) is 25.3 Å². The molecule has 0 aliphatic heterocycles. The molecule has 5 rings (SSSR count). The zero-order valence-electron chi connectivity index (χ0n) is 20.0. The smallest absolute Gasteiger partial charge is 0.245 e. The zero-order valence-corrected chi connectivity index (χ0v) is 20.8. The Balaban J connectivity index is 1.23. The lowest BCUT2D eigenvalue weighted by Gasteiger charge is -2.21. The number of hydrogen-bond acceptors (Lipinski definition) is 8. The maximum atomic E-state index is 12.7. The van der Waals surface area contributed by atoms with E-state index < -0.39 is 9.84 Å². The largest absolute Gasteiger partial charge is 0.476 e. The van der Waals surface area contributed by atoms with Crippen LogP contribution in [0.2, 0.25) is 0 Å². The van der Waals surface area contributed by atoms with Crippen LogP contribution in [-0.2, 0) is 9.84 Å². The van der Waals surface area contributed by atoms with Crippen LogP contribution in [0, 0.1) is 5.92 Å². The Morgan fingerprint density at radius 3 is 2.49 bits per heavy atom.